The fourth-order valence-electron chi connectivity index (χ4n) is 0.992. The van der Waals surface area contributed by atoms with Gasteiger partial charge in [-0.1, -0.05) is 6.08 Å². The maximum Gasteiger partial charge on any atom is 0.175 e. The highest BCUT2D eigenvalue weighted by molar-refractivity contribution is 5.38. The van der Waals surface area contributed by atoms with Gasteiger partial charge in [0.05, 0.1) is 12.9 Å². The van der Waals surface area contributed by atoms with Crippen molar-refractivity contribution in [3.05, 3.63) is 18.5 Å². The van der Waals surface area contributed by atoms with Crippen LogP contribution in [0.4, 0.5) is 5.82 Å². The lowest BCUT2D eigenvalue weighted by molar-refractivity contribution is 0.714. The Morgan fingerprint density at radius 3 is 3.18 bits per heavy atom. The molecule has 58 valence electrons. The second-order valence-corrected chi connectivity index (χ2v) is 2.30. The maximum absolute atomic E-state index is 3.94. The highest BCUT2D eigenvalue weighted by Crippen LogP contribution is 2.07. The van der Waals surface area contributed by atoms with Crippen LogP contribution in [0.25, 0.3) is 0 Å². The van der Waals surface area contributed by atoms with Crippen molar-refractivity contribution < 1.29 is 0 Å². The Morgan fingerprint density at radius 2 is 2.55 bits per heavy atom. The first kappa shape index (κ1) is 6.36. The van der Waals surface area contributed by atoms with Crippen molar-refractivity contribution in [3.8, 4) is 0 Å². The van der Waals surface area contributed by atoms with Gasteiger partial charge in [-0.15, -0.1) is 5.10 Å². The van der Waals surface area contributed by atoms with Crippen LogP contribution in [0, 0.1) is 0 Å². The third-order valence-corrected chi connectivity index (χ3v) is 1.53. The zero-order valence-electron chi connectivity index (χ0n) is 5.99. The summed E-state index contributed by atoms with van der Waals surface area (Å²) in [6.07, 6.45) is 5.73. The number of nitrogens with one attached hydrogen (secondary N) is 2. The number of nitrogens with zero attached hydrogens (tertiary/aromatic N) is 3. The molecule has 5 nitrogen and oxygen atoms in total. The zero-order valence-corrected chi connectivity index (χ0v) is 5.99. The van der Waals surface area contributed by atoms with E-state index in [1.54, 1.807) is 6.20 Å². The molecule has 0 saturated heterocycles. The van der Waals surface area contributed by atoms with Gasteiger partial charge in [0.1, 0.15) is 0 Å². The number of rotatable bonds is 1. The molecule has 1 aromatic rings. The van der Waals surface area contributed by atoms with E-state index in [-0.39, 0.29) is 0 Å². The molecular weight excluding hydrogens is 142 g/mol. The van der Waals surface area contributed by atoms with Crippen LogP contribution in [0.2, 0.25) is 0 Å². The standard InChI is InChI=1S/C6H9N5/c1-2-7-5-11(3-1)6-4-8-10-9-6/h1,3-4,7H,2,5H2,(H,8,9,10). The molecule has 2 heterocycles. The molecule has 0 atom stereocenters. The van der Waals surface area contributed by atoms with Gasteiger partial charge in [-0.3, -0.25) is 5.32 Å². The minimum Gasteiger partial charge on any atom is -0.317 e. The lowest BCUT2D eigenvalue weighted by atomic mass is 10.5. The van der Waals surface area contributed by atoms with E-state index in [4.69, 9.17) is 0 Å². The molecule has 0 radical (unpaired) electrons. The van der Waals surface area contributed by atoms with Gasteiger partial charge < -0.3 is 4.90 Å². The van der Waals surface area contributed by atoms with Gasteiger partial charge in [0.15, 0.2) is 5.82 Å². The molecule has 0 spiro atoms. The van der Waals surface area contributed by atoms with Gasteiger partial charge in [-0.05, 0) is 0 Å². The molecule has 1 aliphatic rings. The van der Waals surface area contributed by atoms with E-state index in [1.165, 1.54) is 0 Å². The number of aromatic amines is 1. The number of aromatic nitrogens is 3. The van der Waals surface area contributed by atoms with E-state index in [2.05, 4.69) is 20.7 Å². The molecule has 0 unspecified atom stereocenters. The summed E-state index contributed by atoms with van der Waals surface area (Å²) in [5.41, 5.74) is 0. The van der Waals surface area contributed by atoms with E-state index in [1.807, 2.05) is 17.2 Å². The minimum atomic E-state index is 0.795. The first-order chi connectivity index (χ1) is 5.47. The van der Waals surface area contributed by atoms with E-state index < -0.39 is 0 Å². The summed E-state index contributed by atoms with van der Waals surface area (Å²) in [5, 5.41) is 13.4. The molecule has 0 saturated carbocycles. The van der Waals surface area contributed by atoms with Gasteiger partial charge in [-0.2, -0.15) is 10.3 Å². The predicted molar refractivity (Wildman–Crippen MR) is 40.9 cm³/mol. The molecule has 5 heteroatoms. The van der Waals surface area contributed by atoms with E-state index in [9.17, 15) is 0 Å². The molecule has 1 aromatic heterocycles. The summed E-state index contributed by atoms with van der Waals surface area (Å²) in [4.78, 5) is 1.98. The van der Waals surface area contributed by atoms with Crippen molar-refractivity contribution in [2.75, 3.05) is 18.1 Å². The van der Waals surface area contributed by atoms with Crippen LogP contribution in [0.5, 0.6) is 0 Å². The third kappa shape index (κ3) is 1.22. The second kappa shape index (κ2) is 2.71. The largest absolute Gasteiger partial charge is 0.317 e. The second-order valence-electron chi connectivity index (χ2n) is 2.30. The highest BCUT2D eigenvalue weighted by atomic mass is 15.4. The zero-order chi connectivity index (χ0) is 7.52. The Morgan fingerprint density at radius 1 is 1.55 bits per heavy atom. The fourth-order valence-corrected chi connectivity index (χ4v) is 0.992. The van der Waals surface area contributed by atoms with E-state index >= 15 is 0 Å². The van der Waals surface area contributed by atoms with Crippen molar-refractivity contribution in [3.63, 3.8) is 0 Å². The topological polar surface area (TPSA) is 56.8 Å². The Kier molecular flexibility index (Phi) is 1.57. The Bertz CT molecular complexity index is 239. The molecule has 0 amide bonds. The summed E-state index contributed by atoms with van der Waals surface area (Å²) >= 11 is 0. The Labute approximate surface area is 64.1 Å². The van der Waals surface area contributed by atoms with Crippen molar-refractivity contribution in [1.29, 1.82) is 0 Å². The SMILES string of the molecule is C1=CN(c2cn[nH]n2)CNC1. The smallest absolute Gasteiger partial charge is 0.175 e. The van der Waals surface area contributed by atoms with Crippen molar-refractivity contribution in [1.82, 2.24) is 20.7 Å². The Hall–Kier alpha value is -1.36. The van der Waals surface area contributed by atoms with Gasteiger partial charge >= 0.3 is 0 Å². The first-order valence-electron chi connectivity index (χ1n) is 3.46. The average molecular weight is 151 g/mol. The lowest BCUT2D eigenvalue weighted by Crippen LogP contribution is -2.34. The summed E-state index contributed by atoms with van der Waals surface area (Å²) in [5.74, 6) is 0.841. The van der Waals surface area contributed by atoms with Crippen LogP contribution in [0.15, 0.2) is 18.5 Å². The van der Waals surface area contributed by atoms with Crippen LogP contribution in [0.3, 0.4) is 0 Å². The van der Waals surface area contributed by atoms with Gasteiger partial charge in [-0.25, -0.2) is 0 Å². The molecule has 0 bridgehead atoms. The molecule has 11 heavy (non-hydrogen) atoms. The van der Waals surface area contributed by atoms with Crippen molar-refractivity contribution in [2.24, 2.45) is 0 Å². The van der Waals surface area contributed by atoms with E-state index in [0.717, 1.165) is 19.0 Å². The van der Waals surface area contributed by atoms with E-state index in [0.29, 0.717) is 0 Å². The summed E-state index contributed by atoms with van der Waals surface area (Å²) in [6.45, 7) is 1.72. The van der Waals surface area contributed by atoms with Gasteiger partial charge in [0, 0.05) is 12.7 Å². The lowest BCUT2D eigenvalue weighted by Gasteiger charge is -2.20. The number of H-pyrrole nitrogens is 1. The average Bonchev–Trinajstić information content (AvgIpc) is 2.58. The summed E-state index contributed by atoms with van der Waals surface area (Å²) in [7, 11) is 0. The molecular formula is C6H9N5. The molecule has 2 rings (SSSR count). The van der Waals surface area contributed by atoms with Crippen LogP contribution in [0.1, 0.15) is 0 Å². The normalized spacial score (nSPS) is 17.3. The van der Waals surface area contributed by atoms with Gasteiger partial charge in [0.25, 0.3) is 0 Å². The summed E-state index contributed by atoms with van der Waals surface area (Å²) in [6, 6.07) is 0. The monoisotopic (exact) mass is 151 g/mol. The van der Waals surface area contributed by atoms with Crippen molar-refractivity contribution in [2.45, 2.75) is 0 Å². The van der Waals surface area contributed by atoms with Crippen LogP contribution in [-0.2, 0) is 0 Å². The fraction of sp³-hybridized carbons (Fsp3) is 0.333. The van der Waals surface area contributed by atoms with Crippen LogP contribution < -0.4 is 10.2 Å². The minimum absolute atomic E-state index is 0.795. The van der Waals surface area contributed by atoms with Crippen LogP contribution >= 0.6 is 0 Å². The van der Waals surface area contributed by atoms with Crippen LogP contribution in [-0.4, -0.2) is 28.6 Å². The van der Waals surface area contributed by atoms with Gasteiger partial charge in [0.2, 0.25) is 0 Å². The third-order valence-electron chi connectivity index (χ3n) is 1.53. The first-order valence-corrected chi connectivity index (χ1v) is 3.46. The number of hydrogen-bond donors (Lipinski definition) is 2. The van der Waals surface area contributed by atoms with Crippen molar-refractivity contribution >= 4 is 5.82 Å². The molecule has 0 aliphatic carbocycles. The molecule has 0 fully saturated rings. The Balaban J connectivity index is 2.16. The molecule has 2 N–H and O–H groups in total. The number of hydrogen-bond acceptors (Lipinski definition) is 4. The summed E-state index contributed by atoms with van der Waals surface area (Å²) < 4.78 is 0. The quantitative estimate of drug-likeness (QED) is 0.578. The maximum atomic E-state index is 3.94. The molecule has 1 aliphatic heterocycles. The predicted octanol–water partition coefficient (Wildman–Crippen LogP) is -0.315. The number of anilines is 1. The highest BCUT2D eigenvalue weighted by Gasteiger charge is 2.06. The molecule has 0 aromatic carbocycles.